The van der Waals surface area contributed by atoms with Crippen LogP contribution in [0, 0.1) is 6.92 Å². The Morgan fingerprint density at radius 3 is 2.63 bits per heavy atom. The maximum Gasteiger partial charge on any atom is 0.213 e. The summed E-state index contributed by atoms with van der Waals surface area (Å²) in [5, 5.41) is 3.39. The molecule has 1 aromatic heterocycles. The Kier molecular flexibility index (Phi) is 4.93. The highest BCUT2D eigenvalue weighted by Crippen LogP contribution is 2.06. The zero-order valence-corrected chi connectivity index (χ0v) is 11.5. The molecule has 2 rings (SSSR count). The zero-order chi connectivity index (χ0) is 13.5. The normalized spacial score (nSPS) is 12.1. The molecule has 0 spiro atoms. The highest BCUT2D eigenvalue weighted by atomic mass is 16.5. The molecule has 3 nitrogen and oxygen atoms in total. The van der Waals surface area contributed by atoms with Crippen molar-refractivity contribution in [2.75, 3.05) is 6.54 Å². The van der Waals surface area contributed by atoms with E-state index in [1.54, 1.807) is 6.20 Å². The lowest BCUT2D eigenvalue weighted by Gasteiger charge is -2.14. The minimum absolute atomic E-state index is 0.0975. The fourth-order valence-electron chi connectivity index (χ4n) is 1.79. The van der Waals surface area contributed by atoms with Crippen LogP contribution < -0.4 is 10.1 Å². The molecule has 0 saturated carbocycles. The number of nitrogens with one attached hydrogen (secondary N) is 1. The number of hydrogen-bond acceptors (Lipinski definition) is 3. The van der Waals surface area contributed by atoms with Gasteiger partial charge in [0.05, 0.1) is 0 Å². The van der Waals surface area contributed by atoms with Crippen LogP contribution in [-0.4, -0.2) is 17.6 Å². The lowest BCUT2D eigenvalue weighted by molar-refractivity contribution is 0.208. The van der Waals surface area contributed by atoms with Crippen molar-refractivity contribution in [3.05, 3.63) is 59.8 Å². The molecule has 2 aromatic rings. The van der Waals surface area contributed by atoms with E-state index in [1.807, 2.05) is 25.1 Å². The lowest BCUT2D eigenvalue weighted by atomic mass is 10.1. The molecule has 1 atom stereocenters. The van der Waals surface area contributed by atoms with Crippen molar-refractivity contribution >= 4 is 0 Å². The first kappa shape index (κ1) is 13.6. The molecular formula is C16H20N2O. The van der Waals surface area contributed by atoms with Crippen LogP contribution in [0.3, 0.4) is 0 Å². The SMILES string of the molecule is Cc1ccc(CNC[C@@H](C)Oc2ccccn2)cc1. The molecule has 3 heteroatoms. The number of aromatic nitrogens is 1. The number of aryl methyl sites for hydroxylation is 1. The van der Waals surface area contributed by atoms with E-state index in [4.69, 9.17) is 4.74 Å². The predicted molar refractivity (Wildman–Crippen MR) is 77.2 cm³/mol. The van der Waals surface area contributed by atoms with Gasteiger partial charge in [-0.3, -0.25) is 0 Å². The molecule has 1 aromatic carbocycles. The number of ether oxygens (including phenoxy) is 1. The van der Waals surface area contributed by atoms with Crippen molar-refractivity contribution in [1.82, 2.24) is 10.3 Å². The molecule has 0 aliphatic rings. The number of rotatable bonds is 6. The lowest BCUT2D eigenvalue weighted by Crippen LogP contribution is -2.28. The first-order chi connectivity index (χ1) is 9.24. The molecule has 0 aliphatic heterocycles. The molecule has 0 amide bonds. The molecule has 1 N–H and O–H groups in total. The second-order valence-corrected chi connectivity index (χ2v) is 4.71. The van der Waals surface area contributed by atoms with E-state index in [0.717, 1.165) is 13.1 Å². The zero-order valence-electron chi connectivity index (χ0n) is 11.5. The Morgan fingerprint density at radius 2 is 1.95 bits per heavy atom. The van der Waals surface area contributed by atoms with Crippen LogP contribution in [0.4, 0.5) is 0 Å². The molecule has 100 valence electrons. The topological polar surface area (TPSA) is 34.1 Å². The molecule has 0 fully saturated rings. The van der Waals surface area contributed by atoms with E-state index >= 15 is 0 Å². The summed E-state index contributed by atoms with van der Waals surface area (Å²) < 4.78 is 5.70. The van der Waals surface area contributed by atoms with Gasteiger partial charge in [-0.25, -0.2) is 4.98 Å². The highest BCUT2D eigenvalue weighted by molar-refractivity contribution is 5.21. The summed E-state index contributed by atoms with van der Waals surface area (Å²) in [7, 11) is 0. The van der Waals surface area contributed by atoms with Gasteiger partial charge in [-0.15, -0.1) is 0 Å². The van der Waals surface area contributed by atoms with Gasteiger partial charge in [-0.1, -0.05) is 35.9 Å². The summed E-state index contributed by atoms with van der Waals surface area (Å²) >= 11 is 0. The van der Waals surface area contributed by atoms with Gasteiger partial charge in [-0.05, 0) is 25.5 Å². The predicted octanol–water partition coefficient (Wildman–Crippen LogP) is 2.95. The molecule has 0 unspecified atom stereocenters. The summed E-state index contributed by atoms with van der Waals surface area (Å²) in [6, 6.07) is 14.2. The van der Waals surface area contributed by atoms with E-state index in [0.29, 0.717) is 5.88 Å². The first-order valence-electron chi connectivity index (χ1n) is 6.58. The van der Waals surface area contributed by atoms with Gasteiger partial charge in [0.25, 0.3) is 0 Å². The third-order valence-electron chi connectivity index (χ3n) is 2.84. The standard InChI is InChI=1S/C16H20N2O/c1-13-6-8-15(9-7-13)12-17-11-14(2)19-16-5-3-4-10-18-16/h3-10,14,17H,11-12H2,1-2H3/t14-/m1/s1. The van der Waals surface area contributed by atoms with Gasteiger partial charge in [0.2, 0.25) is 5.88 Å². The third-order valence-corrected chi connectivity index (χ3v) is 2.84. The fourth-order valence-corrected chi connectivity index (χ4v) is 1.79. The van der Waals surface area contributed by atoms with Gasteiger partial charge < -0.3 is 10.1 Å². The highest BCUT2D eigenvalue weighted by Gasteiger charge is 2.03. The maximum atomic E-state index is 5.70. The van der Waals surface area contributed by atoms with Crippen LogP contribution >= 0.6 is 0 Å². The minimum atomic E-state index is 0.0975. The average Bonchev–Trinajstić information content (AvgIpc) is 2.42. The van der Waals surface area contributed by atoms with E-state index < -0.39 is 0 Å². The van der Waals surface area contributed by atoms with Crippen molar-refractivity contribution in [3.63, 3.8) is 0 Å². The first-order valence-corrected chi connectivity index (χ1v) is 6.58. The van der Waals surface area contributed by atoms with Gasteiger partial charge in [0, 0.05) is 25.4 Å². The van der Waals surface area contributed by atoms with Crippen molar-refractivity contribution in [3.8, 4) is 5.88 Å². The summed E-state index contributed by atoms with van der Waals surface area (Å²) in [4.78, 5) is 4.14. The molecule has 0 aliphatic carbocycles. The largest absolute Gasteiger partial charge is 0.473 e. The number of hydrogen-bond donors (Lipinski definition) is 1. The van der Waals surface area contributed by atoms with E-state index in [2.05, 4.69) is 41.5 Å². The Labute approximate surface area is 114 Å². The molecule has 1 heterocycles. The van der Waals surface area contributed by atoms with Crippen LogP contribution in [0.2, 0.25) is 0 Å². The number of pyridine rings is 1. The Hall–Kier alpha value is -1.87. The summed E-state index contributed by atoms with van der Waals surface area (Å²) in [5.41, 5.74) is 2.58. The Morgan fingerprint density at radius 1 is 1.16 bits per heavy atom. The molecular weight excluding hydrogens is 236 g/mol. The average molecular weight is 256 g/mol. The number of benzene rings is 1. The molecule has 0 bridgehead atoms. The van der Waals surface area contributed by atoms with Crippen LogP contribution in [-0.2, 0) is 6.54 Å². The van der Waals surface area contributed by atoms with E-state index in [1.165, 1.54) is 11.1 Å². The van der Waals surface area contributed by atoms with Crippen molar-refractivity contribution < 1.29 is 4.74 Å². The van der Waals surface area contributed by atoms with Gasteiger partial charge in [-0.2, -0.15) is 0 Å². The van der Waals surface area contributed by atoms with E-state index in [9.17, 15) is 0 Å². The van der Waals surface area contributed by atoms with E-state index in [-0.39, 0.29) is 6.10 Å². The molecule has 0 saturated heterocycles. The third kappa shape index (κ3) is 4.72. The summed E-state index contributed by atoms with van der Waals surface area (Å²) in [6.07, 6.45) is 1.84. The number of nitrogens with zero attached hydrogens (tertiary/aromatic N) is 1. The van der Waals surface area contributed by atoms with Crippen LogP contribution in [0.5, 0.6) is 5.88 Å². The Balaban J connectivity index is 1.72. The monoisotopic (exact) mass is 256 g/mol. The fraction of sp³-hybridized carbons (Fsp3) is 0.312. The van der Waals surface area contributed by atoms with Gasteiger partial charge in [0.15, 0.2) is 0 Å². The second kappa shape index (κ2) is 6.90. The maximum absolute atomic E-state index is 5.70. The quantitative estimate of drug-likeness (QED) is 0.863. The van der Waals surface area contributed by atoms with Crippen LogP contribution in [0.15, 0.2) is 48.7 Å². The second-order valence-electron chi connectivity index (χ2n) is 4.71. The molecule has 19 heavy (non-hydrogen) atoms. The summed E-state index contributed by atoms with van der Waals surface area (Å²) in [5.74, 6) is 0.673. The van der Waals surface area contributed by atoms with Crippen LogP contribution in [0.1, 0.15) is 18.1 Å². The van der Waals surface area contributed by atoms with Crippen molar-refractivity contribution in [2.24, 2.45) is 0 Å². The summed E-state index contributed by atoms with van der Waals surface area (Å²) in [6.45, 7) is 5.79. The van der Waals surface area contributed by atoms with Crippen molar-refractivity contribution in [1.29, 1.82) is 0 Å². The van der Waals surface area contributed by atoms with Gasteiger partial charge >= 0.3 is 0 Å². The van der Waals surface area contributed by atoms with Crippen LogP contribution in [0.25, 0.3) is 0 Å². The van der Waals surface area contributed by atoms with Gasteiger partial charge in [0.1, 0.15) is 6.10 Å². The molecule has 0 radical (unpaired) electrons. The Bertz CT molecular complexity index is 482. The van der Waals surface area contributed by atoms with Crippen molar-refractivity contribution in [2.45, 2.75) is 26.5 Å². The smallest absolute Gasteiger partial charge is 0.213 e. The minimum Gasteiger partial charge on any atom is -0.473 e.